The molecule has 9 heteroatoms. The van der Waals surface area contributed by atoms with Crippen LogP contribution in [0.3, 0.4) is 0 Å². The van der Waals surface area contributed by atoms with Crippen LogP contribution in [0.25, 0.3) is 0 Å². The minimum atomic E-state index is -0.497. The fourth-order valence-electron chi connectivity index (χ4n) is 1.68. The van der Waals surface area contributed by atoms with Gasteiger partial charge in [0.05, 0.1) is 4.92 Å². The third-order valence-corrected chi connectivity index (χ3v) is 2.90. The van der Waals surface area contributed by atoms with Crippen LogP contribution in [0.15, 0.2) is 28.8 Å². The zero-order chi connectivity index (χ0) is 15.2. The van der Waals surface area contributed by atoms with Crippen LogP contribution >= 0.6 is 12.4 Å². The molecule has 0 saturated heterocycles. The van der Waals surface area contributed by atoms with E-state index < -0.39 is 4.92 Å². The Hall–Kier alpha value is -2.19. The van der Waals surface area contributed by atoms with E-state index in [1.807, 2.05) is 14.0 Å². The molecule has 0 saturated carbocycles. The van der Waals surface area contributed by atoms with E-state index in [9.17, 15) is 10.1 Å². The number of aromatic nitrogens is 2. The summed E-state index contributed by atoms with van der Waals surface area (Å²) in [6, 6.07) is 6.37. The number of likely N-dealkylation sites (N-methyl/N-ethyl adjacent to an activating group) is 1. The average molecular weight is 329 g/mol. The number of benzene rings is 1. The van der Waals surface area contributed by atoms with Crippen molar-refractivity contribution < 1.29 is 14.2 Å². The van der Waals surface area contributed by atoms with Crippen LogP contribution in [0.5, 0.6) is 5.75 Å². The topological polar surface area (TPSA) is 103 Å². The van der Waals surface area contributed by atoms with E-state index in [0.29, 0.717) is 12.2 Å². The number of nitrogens with one attached hydrogen (secondary N) is 1. The number of hydrogen-bond donors (Lipinski definition) is 1. The summed E-state index contributed by atoms with van der Waals surface area (Å²) in [6.07, 6.45) is 0.630. The smallest absolute Gasteiger partial charge is 0.310 e. The fourth-order valence-corrected chi connectivity index (χ4v) is 1.68. The molecular weight excluding hydrogens is 312 g/mol. The molecule has 2 aromatic rings. The highest BCUT2D eigenvalue weighted by Crippen LogP contribution is 2.26. The van der Waals surface area contributed by atoms with E-state index in [2.05, 4.69) is 15.5 Å². The molecule has 0 fully saturated rings. The molecule has 0 bridgehead atoms. The molecule has 0 aliphatic carbocycles. The van der Waals surface area contributed by atoms with Gasteiger partial charge in [-0.2, -0.15) is 4.98 Å². The molecule has 22 heavy (non-hydrogen) atoms. The summed E-state index contributed by atoms with van der Waals surface area (Å²) in [7, 11) is 1.85. The second kappa shape index (κ2) is 8.30. The lowest BCUT2D eigenvalue weighted by Gasteiger charge is -2.05. The van der Waals surface area contributed by atoms with Crippen molar-refractivity contribution in [1.29, 1.82) is 0 Å². The maximum atomic E-state index is 10.9. The first-order valence-corrected chi connectivity index (χ1v) is 6.45. The van der Waals surface area contributed by atoms with Gasteiger partial charge in [0, 0.05) is 18.5 Å². The van der Waals surface area contributed by atoms with Gasteiger partial charge in [0.2, 0.25) is 0 Å². The molecule has 1 heterocycles. The van der Waals surface area contributed by atoms with Crippen molar-refractivity contribution in [2.75, 3.05) is 7.05 Å². The number of rotatable bonds is 7. The van der Waals surface area contributed by atoms with Gasteiger partial charge in [0.1, 0.15) is 0 Å². The number of halogens is 1. The molecule has 120 valence electrons. The molecule has 1 aromatic carbocycles. The Balaban J connectivity index is 0.00000242. The van der Waals surface area contributed by atoms with E-state index >= 15 is 0 Å². The van der Waals surface area contributed by atoms with Crippen LogP contribution in [-0.2, 0) is 13.0 Å². The molecule has 2 rings (SSSR count). The van der Waals surface area contributed by atoms with Crippen molar-refractivity contribution in [3.8, 4) is 5.75 Å². The summed E-state index contributed by atoms with van der Waals surface area (Å²) in [5.74, 6) is 1.02. The number of nitro benzene ring substituents is 1. The molecule has 0 aliphatic heterocycles. The molecule has 8 nitrogen and oxygen atoms in total. The van der Waals surface area contributed by atoms with Crippen molar-refractivity contribution in [1.82, 2.24) is 15.5 Å². The largest absolute Gasteiger partial charge is 0.477 e. The van der Waals surface area contributed by atoms with Crippen LogP contribution in [-0.4, -0.2) is 28.2 Å². The molecule has 1 aromatic heterocycles. The summed E-state index contributed by atoms with van der Waals surface area (Å²) in [5, 5.41) is 17.8. The fraction of sp³-hybridized carbons (Fsp3) is 0.385. The Morgan fingerprint density at radius 2 is 2.18 bits per heavy atom. The van der Waals surface area contributed by atoms with E-state index in [4.69, 9.17) is 9.26 Å². The molecular formula is C13H17ClN4O4. The van der Waals surface area contributed by atoms with Crippen LogP contribution in [0.4, 0.5) is 5.69 Å². The van der Waals surface area contributed by atoms with Crippen molar-refractivity contribution in [2.45, 2.75) is 26.0 Å². The lowest BCUT2D eigenvalue weighted by molar-refractivity contribution is -0.386. The number of ether oxygens (including phenoxy) is 1. The van der Waals surface area contributed by atoms with Gasteiger partial charge in [-0.1, -0.05) is 17.3 Å². The first kappa shape index (κ1) is 17.9. The number of hydrogen-bond acceptors (Lipinski definition) is 7. The first-order valence-electron chi connectivity index (χ1n) is 6.45. The minimum absolute atomic E-state index is 0. The maximum absolute atomic E-state index is 10.9. The van der Waals surface area contributed by atoms with Gasteiger partial charge in [0.15, 0.2) is 18.2 Å². The van der Waals surface area contributed by atoms with Crippen molar-refractivity contribution >= 4 is 18.1 Å². The Bertz CT molecular complexity index is 620. The quantitative estimate of drug-likeness (QED) is 0.613. The van der Waals surface area contributed by atoms with Crippen molar-refractivity contribution in [3.05, 3.63) is 46.1 Å². The molecule has 1 N–H and O–H groups in total. The summed E-state index contributed by atoms with van der Waals surface area (Å²) in [6.45, 7) is 1.99. The Morgan fingerprint density at radius 1 is 1.45 bits per heavy atom. The zero-order valence-corrected chi connectivity index (χ0v) is 13.0. The van der Waals surface area contributed by atoms with Crippen molar-refractivity contribution in [3.63, 3.8) is 0 Å². The van der Waals surface area contributed by atoms with Gasteiger partial charge >= 0.3 is 5.69 Å². The normalized spacial score (nSPS) is 11.5. The minimum Gasteiger partial charge on any atom is -0.477 e. The van der Waals surface area contributed by atoms with Gasteiger partial charge in [-0.3, -0.25) is 10.1 Å². The first-order chi connectivity index (χ1) is 10.1. The van der Waals surface area contributed by atoms with E-state index in [1.165, 1.54) is 12.1 Å². The third-order valence-electron chi connectivity index (χ3n) is 2.90. The Kier molecular flexibility index (Phi) is 6.74. The predicted molar refractivity (Wildman–Crippen MR) is 81.2 cm³/mol. The highest BCUT2D eigenvalue weighted by molar-refractivity contribution is 5.85. The number of nitro groups is 1. The highest BCUT2D eigenvalue weighted by Gasteiger charge is 2.15. The SMILES string of the molecule is CNC(C)Cc1noc(COc2ccccc2[N+](=O)[O-])n1.Cl. The number of para-hydroxylation sites is 2. The summed E-state index contributed by atoms with van der Waals surface area (Å²) >= 11 is 0. The summed E-state index contributed by atoms with van der Waals surface area (Å²) in [4.78, 5) is 14.5. The van der Waals surface area contributed by atoms with Crippen LogP contribution < -0.4 is 10.1 Å². The van der Waals surface area contributed by atoms with E-state index in [1.54, 1.807) is 12.1 Å². The van der Waals surface area contributed by atoms with Gasteiger partial charge in [-0.05, 0) is 20.0 Å². The Morgan fingerprint density at radius 3 is 2.86 bits per heavy atom. The van der Waals surface area contributed by atoms with Crippen molar-refractivity contribution in [2.24, 2.45) is 0 Å². The summed E-state index contributed by atoms with van der Waals surface area (Å²) < 4.78 is 10.4. The van der Waals surface area contributed by atoms with Gasteiger partial charge in [-0.25, -0.2) is 0 Å². The molecule has 0 aliphatic rings. The molecule has 1 atom stereocenters. The highest BCUT2D eigenvalue weighted by atomic mass is 35.5. The van der Waals surface area contributed by atoms with E-state index in [0.717, 1.165) is 0 Å². The van der Waals surface area contributed by atoms with Gasteiger partial charge < -0.3 is 14.6 Å². The van der Waals surface area contributed by atoms with Crippen LogP contribution in [0.2, 0.25) is 0 Å². The van der Waals surface area contributed by atoms with Gasteiger partial charge in [-0.15, -0.1) is 12.4 Å². The molecule has 0 spiro atoms. The second-order valence-electron chi connectivity index (χ2n) is 4.51. The monoisotopic (exact) mass is 328 g/mol. The predicted octanol–water partition coefficient (Wildman–Crippen LogP) is 2.13. The zero-order valence-electron chi connectivity index (χ0n) is 12.2. The lowest BCUT2D eigenvalue weighted by atomic mass is 10.2. The lowest BCUT2D eigenvalue weighted by Crippen LogP contribution is -2.24. The molecule has 0 radical (unpaired) electrons. The summed E-state index contributed by atoms with van der Waals surface area (Å²) in [5.41, 5.74) is -0.0963. The van der Waals surface area contributed by atoms with Crippen LogP contribution in [0.1, 0.15) is 18.6 Å². The standard InChI is InChI=1S/C13H16N4O4.ClH/c1-9(14-2)7-12-15-13(21-16-12)8-20-11-6-4-3-5-10(11)17(18)19;/h3-6,9,14H,7-8H2,1-2H3;1H. The second-order valence-corrected chi connectivity index (χ2v) is 4.51. The van der Waals surface area contributed by atoms with Crippen LogP contribution in [0, 0.1) is 10.1 Å². The maximum Gasteiger partial charge on any atom is 0.310 e. The number of nitrogens with zero attached hydrogens (tertiary/aromatic N) is 3. The Labute approximate surface area is 133 Å². The third kappa shape index (κ3) is 4.68. The molecule has 1 unspecified atom stereocenters. The average Bonchev–Trinajstić information content (AvgIpc) is 2.92. The van der Waals surface area contributed by atoms with E-state index in [-0.39, 0.29) is 42.4 Å². The van der Waals surface area contributed by atoms with Gasteiger partial charge in [0.25, 0.3) is 5.89 Å². The molecule has 0 amide bonds.